The lowest BCUT2D eigenvalue weighted by Gasteiger charge is -2.23. The first-order chi connectivity index (χ1) is 8.28. The van der Waals surface area contributed by atoms with Crippen LogP contribution in [-0.4, -0.2) is 20.3 Å². The van der Waals surface area contributed by atoms with Gasteiger partial charge in [-0.2, -0.15) is 0 Å². The molecule has 0 saturated carbocycles. The van der Waals surface area contributed by atoms with Crippen LogP contribution in [0.2, 0.25) is 0 Å². The molecule has 0 bridgehead atoms. The highest BCUT2D eigenvalue weighted by Gasteiger charge is 2.23. The molecule has 1 aromatic rings. The topological polar surface area (TPSA) is 46.2 Å². The molecule has 0 atom stereocenters. The quantitative estimate of drug-likeness (QED) is 0.811. The van der Waals surface area contributed by atoms with Gasteiger partial charge in [0.15, 0.2) is 0 Å². The van der Waals surface area contributed by atoms with Gasteiger partial charge in [-0.25, -0.2) is 17.5 Å². The second-order valence-corrected chi connectivity index (χ2v) is 7.39. The molecule has 0 amide bonds. The maximum absolute atomic E-state index is 13.4. The summed E-state index contributed by atoms with van der Waals surface area (Å²) < 4.78 is 39.8. The van der Waals surface area contributed by atoms with E-state index in [1.165, 1.54) is 18.2 Å². The molecule has 0 aliphatic carbocycles. The van der Waals surface area contributed by atoms with Crippen LogP contribution in [-0.2, 0) is 10.0 Å². The van der Waals surface area contributed by atoms with Crippen LogP contribution in [0.5, 0.6) is 0 Å². The van der Waals surface area contributed by atoms with Crippen LogP contribution < -0.4 is 4.72 Å². The Balaban J connectivity index is 2.81. The van der Waals surface area contributed by atoms with E-state index in [4.69, 9.17) is 0 Å². The molecular formula is C12H17BrFNO2S. The predicted molar refractivity (Wildman–Crippen MR) is 73.8 cm³/mol. The molecule has 0 saturated heterocycles. The molecule has 1 N–H and O–H groups in total. The van der Waals surface area contributed by atoms with E-state index in [-0.39, 0.29) is 16.9 Å². The Morgan fingerprint density at radius 2 is 1.94 bits per heavy atom. The van der Waals surface area contributed by atoms with Gasteiger partial charge in [-0.05, 0) is 24.0 Å². The summed E-state index contributed by atoms with van der Waals surface area (Å²) in [6.07, 6.45) is 0.826. The van der Waals surface area contributed by atoms with E-state index in [0.717, 1.165) is 17.8 Å². The van der Waals surface area contributed by atoms with Crippen molar-refractivity contribution in [1.82, 2.24) is 4.72 Å². The average Bonchev–Trinajstić information content (AvgIpc) is 2.27. The monoisotopic (exact) mass is 337 g/mol. The van der Waals surface area contributed by atoms with Gasteiger partial charge in [-0.3, -0.25) is 0 Å². The van der Waals surface area contributed by atoms with Gasteiger partial charge in [-0.15, -0.1) is 0 Å². The summed E-state index contributed by atoms with van der Waals surface area (Å²) in [6.45, 7) is 4.19. The Bertz CT molecular complexity index is 503. The van der Waals surface area contributed by atoms with Crippen LogP contribution in [0.15, 0.2) is 29.2 Å². The van der Waals surface area contributed by atoms with Gasteiger partial charge in [0, 0.05) is 11.9 Å². The number of hydrogen-bond acceptors (Lipinski definition) is 2. The Kier molecular flexibility index (Phi) is 5.31. The summed E-state index contributed by atoms with van der Waals surface area (Å²) >= 11 is 3.32. The van der Waals surface area contributed by atoms with Crippen molar-refractivity contribution in [3.05, 3.63) is 30.1 Å². The van der Waals surface area contributed by atoms with E-state index in [0.29, 0.717) is 0 Å². The number of hydrogen-bond donors (Lipinski definition) is 1. The number of benzene rings is 1. The molecule has 0 spiro atoms. The molecule has 1 rings (SSSR count). The van der Waals surface area contributed by atoms with Crippen LogP contribution in [0, 0.1) is 11.2 Å². The fraction of sp³-hybridized carbons (Fsp3) is 0.500. The Hall–Kier alpha value is -0.460. The SMILES string of the molecule is CC(C)(CCBr)CNS(=O)(=O)c1ccccc1F. The summed E-state index contributed by atoms with van der Waals surface area (Å²) in [4.78, 5) is -0.306. The molecule has 3 nitrogen and oxygen atoms in total. The van der Waals surface area contributed by atoms with Gasteiger partial charge in [0.1, 0.15) is 10.7 Å². The second-order valence-electron chi connectivity index (χ2n) is 4.86. The van der Waals surface area contributed by atoms with Crippen molar-refractivity contribution in [2.75, 3.05) is 11.9 Å². The maximum Gasteiger partial charge on any atom is 0.243 e. The average molecular weight is 338 g/mol. The smallest absolute Gasteiger partial charge is 0.211 e. The standard InChI is InChI=1S/C12H17BrFNO2S/c1-12(2,7-8-13)9-15-18(16,17)11-6-4-3-5-10(11)14/h3-6,15H,7-9H2,1-2H3. The van der Waals surface area contributed by atoms with Gasteiger partial charge in [0.25, 0.3) is 0 Å². The molecule has 0 aliphatic heterocycles. The summed E-state index contributed by atoms with van der Waals surface area (Å²) in [6, 6.07) is 5.36. The van der Waals surface area contributed by atoms with Crippen molar-refractivity contribution in [3.8, 4) is 0 Å². The summed E-state index contributed by atoms with van der Waals surface area (Å²) in [5.41, 5.74) is -0.179. The summed E-state index contributed by atoms with van der Waals surface area (Å²) in [5.74, 6) is -0.733. The highest BCUT2D eigenvalue weighted by Crippen LogP contribution is 2.21. The molecule has 18 heavy (non-hydrogen) atoms. The fourth-order valence-corrected chi connectivity index (χ4v) is 3.77. The van der Waals surface area contributed by atoms with Crippen molar-refractivity contribution in [1.29, 1.82) is 0 Å². The predicted octanol–water partition coefficient (Wildman–Crippen LogP) is 2.92. The van der Waals surface area contributed by atoms with Crippen LogP contribution in [0.1, 0.15) is 20.3 Å². The van der Waals surface area contributed by atoms with Crippen molar-refractivity contribution >= 4 is 26.0 Å². The van der Waals surface area contributed by atoms with E-state index in [2.05, 4.69) is 20.7 Å². The van der Waals surface area contributed by atoms with E-state index in [1.807, 2.05) is 13.8 Å². The first-order valence-corrected chi connectivity index (χ1v) is 8.19. The molecule has 0 radical (unpaired) electrons. The third kappa shape index (κ3) is 4.33. The van der Waals surface area contributed by atoms with Crippen LogP contribution in [0.25, 0.3) is 0 Å². The van der Waals surface area contributed by atoms with E-state index < -0.39 is 15.8 Å². The van der Waals surface area contributed by atoms with Crippen molar-refractivity contribution in [2.45, 2.75) is 25.2 Å². The third-order valence-electron chi connectivity index (χ3n) is 2.64. The molecule has 0 fully saturated rings. The number of rotatable bonds is 6. The maximum atomic E-state index is 13.4. The van der Waals surface area contributed by atoms with Crippen molar-refractivity contribution < 1.29 is 12.8 Å². The minimum Gasteiger partial charge on any atom is -0.211 e. The Morgan fingerprint density at radius 1 is 1.33 bits per heavy atom. The zero-order chi connectivity index (χ0) is 13.8. The van der Waals surface area contributed by atoms with Crippen LogP contribution in [0.3, 0.4) is 0 Å². The molecule has 0 aliphatic rings. The number of alkyl halides is 1. The van der Waals surface area contributed by atoms with Gasteiger partial charge < -0.3 is 0 Å². The van der Waals surface area contributed by atoms with Gasteiger partial charge >= 0.3 is 0 Å². The molecular weight excluding hydrogens is 321 g/mol. The second kappa shape index (κ2) is 6.12. The van der Waals surface area contributed by atoms with Crippen LogP contribution >= 0.6 is 15.9 Å². The lowest BCUT2D eigenvalue weighted by molar-refractivity contribution is 0.354. The lowest BCUT2D eigenvalue weighted by Crippen LogP contribution is -2.34. The summed E-state index contributed by atoms with van der Waals surface area (Å²) in [7, 11) is -3.78. The molecule has 0 unspecified atom stereocenters. The van der Waals surface area contributed by atoms with E-state index in [9.17, 15) is 12.8 Å². The zero-order valence-electron chi connectivity index (χ0n) is 10.4. The van der Waals surface area contributed by atoms with E-state index >= 15 is 0 Å². The minimum atomic E-state index is -3.78. The minimum absolute atomic E-state index is 0.179. The van der Waals surface area contributed by atoms with Crippen molar-refractivity contribution in [3.63, 3.8) is 0 Å². The molecule has 102 valence electrons. The van der Waals surface area contributed by atoms with Crippen LogP contribution in [0.4, 0.5) is 4.39 Å². The van der Waals surface area contributed by atoms with Gasteiger partial charge in [-0.1, -0.05) is 41.9 Å². The molecule has 0 aromatic heterocycles. The first kappa shape index (κ1) is 15.6. The number of nitrogens with one attached hydrogen (secondary N) is 1. The fourth-order valence-electron chi connectivity index (χ4n) is 1.37. The number of halogens is 2. The first-order valence-electron chi connectivity index (χ1n) is 5.59. The number of sulfonamides is 1. The van der Waals surface area contributed by atoms with E-state index in [1.54, 1.807) is 0 Å². The molecule has 6 heteroatoms. The normalized spacial score (nSPS) is 12.7. The van der Waals surface area contributed by atoms with Crippen molar-refractivity contribution in [2.24, 2.45) is 5.41 Å². The Morgan fingerprint density at radius 3 is 2.50 bits per heavy atom. The molecule has 0 heterocycles. The highest BCUT2D eigenvalue weighted by atomic mass is 79.9. The summed E-state index contributed by atoms with van der Waals surface area (Å²) in [5, 5.41) is 0.793. The zero-order valence-corrected chi connectivity index (χ0v) is 12.8. The highest BCUT2D eigenvalue weighted by molar-refractivity contribution is 9.09. The van der Waals surface area contributed by atoms with Gasteiger partial charge in [0.2, 0.25) is 10.0 Å². The molecule has 1 aromatic carbocycles. The lowest BCUT2D eigenvalue weighted by atomic mass is 9.91. The third-order valence-corrected chi connectivity index (χ3v) is 4.47. The Labute approximate surface area is 116 Å². The largest absolute Gasteiger partial charge is 0.243 e. The van der Waals surface area contributed by atoms with Gasteiger partial charge in [0.05, 0.1) is 0 Å².